The van der Waals surface area contributed by atoms with Crippen molar-refractivity contribution in [1.29, 1.82) is 0 Å². The van der Waals surface area contributed by atoms with Crippen molar-refractivity contribution < 1.29 is 19.4 Å². The molecule has 0 aliphatic heterocycles. The molecule has 0 amide bonds. The summed E-state index contributed by atoms with van der Waals surface area (Å²) in [5, 5.41) is 9.98. The average Bonchev–Trinajstić information content (AvgIpc) is 2.70. The van der Waals surface area contributed by atoms with Crippen LogP contribution in [0, 0.1) is 15.4 Å². The molecule has 1 aliphatic rings. The predicted molar refractivity (Wildman–Crippen MR) is 118 cm³/mol. The molecule has 0 bridgehead atoms. The Morgan fingerprint density at radius 3 is 1.69 bits per heavy atom. The summed E-state index contributed by atoms with van der Waals surface area (Å²) in [6.45, 7) is 0. The largest absolute Gasteiger partial charge is 0.481 e. The molecule has 1 saturated carbocycles. The van der Waals surface area contributed by atoms with E-state index in [0.29, 0.717) is 5.75 Å². The van der Waals surface area contributed by atoms with E-state index in [2.05, 4.69) is 22.6 Å². The number of hydrogen-bond donors (Lipinski definition) is 1. The van der Waals surface area contributed by atoms with Crippen molar-refractivity contribution in [2.45, 2.75) is 11.8 Å². The smallest absolute Gasteiger partial charge is 0.315 e. The van der Waals surface area contributed by atoms with Gasteiger partial charge in [-0.1, -0.05) is 72.8 Å². The number of aliphatic carboxylic acids is 1. The molecule has 29 heavy (non-hydrogen) atoms. The Balaban J connectivity index is 1.74. The lowest BCUT2D eigenvalue weighted by atomic mass is 9.52. The Bertz CT molecular complexity index is 972. The van der Waals surface area contributed by atoms with Crippen LogP contribution in [-0.4, -0.2) is 17.0 Å². The molecular formula is C24H19IO4. The van der Waals surface area contributed by atoms with Gasteiger partial charge in [-0.2, -0.15) is 0 Å². The van der Waals surface area contributed by atoms with Gasteiger partial charge in [0, 0.05) is 11.8 Å². The number of carboxylic acid groups (broad SMARTS) is 1. The summed E-state index contributed by atoms with van der Waals surface area (Å²) in [7, 11) is 0. The number of carbonyl (C=O) groups excluding carboxylic acids is 1. The second-order valence-corrected chi connectivity index (χ2v) is 8.28. The van der Waals surface area contributed by atoms with Gasteiger partial charge in [-0.05, 0) is 45.9 Å². The van der Waals surface area contributed by atoms with Gasteiger partial charge in [0.25, 0.3) is 0 Å². The second kappa shape index (κ2) is 8.37. The van der Waals surface area contributed by atoms with Crippen molar-refractivity contribution in [2.24, 2.45) is 11.8 Å². The van der Waals surface area contributed by atoms with Gasteiger partial charge in [0.05, 0.1) is 15.4 Å². The summed E-state index contributed by atoms with van der Waals surface area (Å²) in [6, 6.07) is 26.1. The Labute approximate surface area is 182 Å². The average molecular weight is 498 g/mol. The number of para-hydroxylation sites is 1. The standard InChI is InChI=1S/C24H19IO4/c25-17-13-7-8-14-18(17)29-24(28)22-19(15-9-3-1-4-10-15)21(23(26)27)20(22)16-11-5-2-6-12-16/h1-14,19-22H,(H,26,27)/t19-,20?,21?,22?/m0/s1. The van der Waals surface area contributed by atoms with Crippen LogP contribution in [0.4, 0.5) is 0 Å². The van der Waals surface area contributed by atoms with Gasteiger partial charge in [-0.3, -0.25) is 9.59 Å². The maximum Gasteiger partial charge on any atom is 0.315 e. The lowest BCUT2D eigenvalue weighted by molar-refractivity contribution is -0.158. The predicted octanol–water partition coefficient (Wildman–Crippen LogP) is 5.09. The number of halogens is 1. The lowest BCUT2D eigenvalue weighted by Gasteiger charge is -2.49. The molecule has 3 aromatic carbocycles. The fraction of sp³-hybridized carbons (Fsp3) is 0.167. The fourth-order valence-electron chi connectivity index (χ4n) is 4.23. The number of ether oxygens (including phenoxy) is 1. The number of rotatable bonds is 5. The van der Waals surface area contributed by atoms with Crippen molar-refractivity contribution >= 4 is 34.5 Å². The minimum absolute atomic E-state index is 0.394. The van der Waals surface area contributed by atoms with Gasteiger partial charge in [-0.15, -0.1) is 0 Å². The first-order chi connectivity index (χ1) is 14.1. The molecule has 3 unspecified atom stereocenters. The van der Waals surface area contributed by atoms with Gasteiger partial charge in [0.2, 0.25) is 0 Å². The molecule has 4 atom stereocenters. The van der Waals surface area contributed by atoms with Crippen LogP contribution in [0.25, 0.3) is 0 Å². The molecule has 4 nitrogen and oxygen atoms in total. The van der Waals surface area contributed by atoms with Crippen LogP contribution in [0.5, 0.6) is 5.75 Å². The van der Waals surface area contributed by atoms with Crippen LogP contribution in [0.1, 0.15) is 23.0 Å². The normalized spacial score (nSPS) is 23.1. The molecule has 1 aliphatic carbocycles. The molecule has 146 valence electrons. The molecule has 0 radical (unpaired) electrons. The molecule has 0 spiro atoms. The molecule has 1 fully saturated rings. The van der Waals surface area contributed by atoms with Gasteiger partial charge >= 0.3 is 11.9 Å². The van der Waals surface area contributed by atoms with Crippen LogP contribution in [0.3, 0.4) is 0 Å². The molecular weight excluding hydrogens is 479 g/mol. The summed E-state index contributed by atoms with van der Waals surface area (Å²) < 4.78 is 6.57. The third kappa shape index (κ3) is 3.79. The Morgan fingerprint density at radius 2 is 1.21 bits per heavy atom. The molecule has 5 heteroatoms. The summed E-state index contributed by atoms with van der Waals surface area (Å²) in [5.41, 5.74) is 1.69. The first-order valence-corrected chi connectivity index (χ1v) is 10.4. The quantitative estimate of drug-likeness (QED) is 0.302. The first-order valence-electron chi connectivity index (χ1n) is 9.37. The van der Waals surface area contributed by atoms with E-state index in [1.807, 2.05) is 78.9 Å². The van der Waals surface area contributed by atoms with E-state index >= 15 is 0 Å². The maximum atomic E-state index is 13.3. The monoisotopic (exact) mass is 498 g/mol. The minimum atomic E-state index is -0.897. The highest BCUT2D eigenvalue weighted by Gasteiger charge is 2.59. The van der Waals surface area contributed by atoms with Crippen molar-refractivity contribution in [3.63, 3.8) is 0 Å². The summed E-state index contributed by atoms with van der Waals surface area (Å²) in [5.74, 6) is -2.93. The summed E-state index contributed by atoms with van der Waals surface area (Å²) >= 11 is 2.12. The zero-order valence-corrected chi connectivity index (χ0v) is 17.6. The van der Waals surface area contributed by atoms with Gasteiger partial charge in [0.1, 0.15) is 5.75 Å². The zero-order valence-electron chi connectivity index (χ0n) is 15.4. The summed E-state index contributed by atoms with van der Waals surface area (Å²) in [6.07, 6.45) is 0. The van der Waals surface area contributed by atoms with E-state index in [9.17, 15) is 14.7 Å². The van der Waals surface area contributed by atoms with Crippen LogP contribution in [0.15, 0.2) is 84.9 Å². The highest BCUT2D eigenvalue weighted by atomic mass is 127. The molecule has 4 rings (SSSR count). The van der Waals surface area contributed by atoms with Gasteiger partial charge in [-0.25, -0.2) is 0 Å². The number of carboxylic acids is 1. The van der Waals surface area contributed by atoms with Gasteiger partial charge < -0.3 is 9.84 Å². The molecule has 3 aromatic rings. The maximum absolute atomic E-state index is 13.3. The van der Waals surface area contributed by atoms with Crippen LogP contribution < -0.4 is 4.74 Å². The number of hydrogen-bond acceptors (Lipinski definition) is 3. The van der Waals surface area contributed by atoms with E-state index < -0.39 is 35.6 Å². The lowest BCUT2D eigenvalue weighted by Crippen LogP contribution is -2.52. The zero-order chi connectivity index (χ0) is 20.4. The Kier molecular flexibility index (Phi) is 5.67. The third-order valence-corrected chi connectivity index (χ3v) is 6.41. The highest BCUT2D eigenvalue weighted by Crippen LogP contribution is 2.58. The number of benzene rings is 3. The van der Waals surface area contributed by atoms with E-state index in [1.54, 1.807) is 6.07 Å². The Morgan fingerprint density at radius 1 is 0.724 bits per heavy atom. The summed E-state index contributed by atoms with van der Waals surface area (Å²) in [4.78, 5) is 25.4. The van der Waals surface area contributed by atoms with Crippen LogP contribution >= 0.6 is 22.6 Å². The van der Waals surface area contributed by atoms with Crippen molar-refractivity contribution in [2.75, 3.05) is 0 Å². The molecule has 0 saturated heterocycles. The van der Waals surface area contributed by atoms with Crippen molar-refractivity contribution in [3.8, 4) is 5.75 Å². The Hall–Kier alpha value is -2.67. The van der Waals surface area contributed by atoms with E-state index in [-0.39, 0.29) is 0 Å². The van der Waals surface area contributed by atoms with E-state index in [1.165, 1.54) is 0 Å². The number of esters is 1. The van der Waals surface area contributed by atoms with E-state index in [0.717, 1.165) is 14.7 Å². The minimum Gasteiger partial charge on any atom is -0.481 e. The van der Waals surface area contributed by atoms with E-state index in [4.69, 9.17) is 4.74 Å². The topological polar surface area (TPSA) is 63.6 Å². The van der Waals surface area contributed by atoms with Crippen molar-refractivity contribution in [1.82, 2.24) is 0 Å². The molecule has 1 N–H and O–H groups in total. The highest BCUT2D eigenvalue weighted by molar-refractivity contribution is 14.1. The number of carbonyl (C=O) groups is 2. The van der Waals surface area contributed by atoms with Gasteiger partial charge in [0.15, 0.2) is 0 Å². The second-order valence-electron chi connectivity index (χ2n) is 7.11. The molecule has 0 heterocycles. The fourth-order valence-corrected chi connectivity index (χ4v) is 4.73. The van der Waals surface area contributed by atoms with Crippen LogP contribution in [0.2, 0.25) is 0 Å². The molecule has 0 aromatic heterocycles. The first kappa shape index (κ1) is 19.6. The van der Waals surface area contributed by atoms with Crippen LogP contribution in [-0.2, 0) is 9.59 Å². The SMILES string of the molecule is O=C(O)C1C(c2ccccc2)C(C(=O)Oc2ccccc2I)[C@H]1c1ccccc1. The third-order valence-electron chi connectivity index (χ3n) is 5.52. The van der Waals surface area contributed by atoms with Crippen molar-refractivity contribution in [3.05, 3.63) is 99.6 Å².